The molecule has 1 N–H and O–H groups in total. The molecule has 2 fully saturated rings. The fourth-order valence-electron chi connectivity index (χ4n) is 4.32. The van der Waals surface area contributed by atoms with E-state index >= 15 is 0 Å². The number of fused-ring (bicyclic) bond motifs is 1. The Hall–Kier alpha value is -0.910. The van der Waals surface area contributed by atoms with Crippen molar-refractivity contribution in [3.63, 3.8) is 0 Å². The highest BCUT2D eigenvalue weighted by Gasteiger charge is 2.44. The summed E-state index contributed by atoms with van der Waals surface area (Å²) in [4.78, 5) is 16.3. The fraction of sp³-hybridized carbons (Fsp3) is 0.722. The Balaban J connectivity index is 1.46. The molecule has 5 heteroatoms. The van der Waals surface area contributed by atoms with Crippen LogP contribution in [0.3, 0.4) is 0 Å². The monoisotopic (exact) mass is 335 g/mol. The second kappa shape index (κ2) is 6.19. The summed E-state index contributed by atoms with van der Waals surface area (Å²) in [5.41, 5.74) is 1.84. The SMILES string of the molecule is O=C(c1csc2c1CCCC2)N1CCC2(CC1)OCCC[C@H]2O. The maximum absolute atomic E-state index is 12.9. The van der Waals surface area contributed by atoms with E-state index in [0.29, 0.717) is 13.1 Å². The maximum Gasteiger partial charge on any atom is 0.254 e. The predicted octanol–water partition coefficient (Wildman–Crippen LogP) is 2.77. The summed E-state index contributed by atoms with van der Waals surface area (Å²) in [5, 5.41) is 12.4. The summed E-state index contributed by atoms with van der Waals surface area (Å²) in [6, 6.07) is 0. The maximum atomic E-state index is 12.9. The molecule has 0 radical (unpaired) electrons. The summed E-state index contributed by atoms with van der Waals surface area (Å²) < 4.78 is 5.94. The van der Waals surface area contributed by atoms with Gasteiger partial charge >= 0.3 is 0 Å². The minimum absolute atomic E-state index is 0.185. The summed E-state index contributed by atoms with van der Waals surface area (Å²) in [6.45, 7) is 2.13. The fourth-order valence-corrected chi connectivity index (χ4v) is 5.44. The van der Waals surface area contributed by atoms with Crippen LogP contribution in [0.25, 0.3) is 0 Å². The minimum atomic E-state index is -0.400. The molecule has 1 atom stereocenters. The van der Waals surface area contributed by atoms with E-state index in [1.54, 1.807) is 11.3 Å². The smallest absolute Gasteiger partial charge is 0.254 e. The van der Waals surface area contributed by atoms with E-state index in [-0.39, 0.29) is 12.0 Å². The second-order valence-corrected chi connectivity index (χ2v) is 8.09. The van der Waals surface area contributed by atoms with Gasteiger partial charge in [0.2, 0.25) is 0 Å². The van der Waals surface area contributed by atoms with E-state index in [2.05, 4.69) is 5.38 Å². The number of ether oxygens (including phenoxy) is 1. The first-order valence-electron chi connectivity index (χ1n) is 8.90. The van der Waals surface area contributed by atoms with Gasteiger partial charge in [-0.1, -0.05) is 0 Å². The minimum Gasteiger partial charge on any atom is -0.390 e. The van der Waals surface area contributed by atoms with E-state index in [4.69, 9.17) is 4.74 Å². The van der Waals surface area contributed by atoms with Crippen LogP contribution in [0.5, 0.6) is 0 Å². The Morgan fingerprint density at radius 3 is 2.83 bits per heavy atom. The Bertz CT molecular complexity index is 589. The van der Waals surface area contributed by atoms with Gasteiger partial charge in [0.25, 0.3) is 5.91 Å². The molecule has 1 aromatic heterocycles. The second-order valence-electron chi connectivity index (χ2n) is 7.12. The van der Waals surface area contributed by atoms with Crippen LogP contribution in [0.15, 0.2) is 5.38 Å². The number of carbonyl (C=O) groups is 1. The van der Waals surface area contributed by atoms with Gasteiger partial charge < -0.3 is 14.7 Å². The van der Waals surface area contributed by atoms with Crippen molar-refractivity contribution < 1.29 is 14.6 Å². The predicted molar refractivity (Wildman–Crippen MR) is 90.0 cm³/mol. The highest BCUT2D eigenvalue weighted by atomic mass is 32.1. The molecule has 2 saturated heterocycles. The molecule has 126 valence electrons. The number of likely N-dealkylation sites (tertiary alicyclic amines) is 1. The number of amides is 1. The molecule has 3 aliphatic rings. The van der Waals surface area contributed by atoms with Crippen LogP contribution in [0.1, 0.15) is 59.3 Å². The van der Waals surface area contributed by atoms with Gasteiger partial charge in [0.15, 0.2) is 0 Å². The zero-order chi connectivity index (χ0) is 15.9. The summed E-state index contributed by atoms with van der Waals surface area (Å²) in [6.07, 6.45) is 7.55. The van der Waals surface area contributed by atoms with Gasteiger partial charge in [0.1, 0.15) is 0 Å². The van der Waals surface area contributed by atoms with Crippen LogP contribution in [-0.4, -0.2) is 47.3 Å². The molecular weight excluding hydrogens is 310 g/mol. The lowest BCUT2D eigenvalue weighted by Crippen LogP contribution is -2.56. The van der Waals surface area contributed by atoms with Crippen molar-refractivity contribution in [3.05, 3.63) is 21.4 Å². The Kier molecular flexibility index (Phi) is 4.20. The lowest BCUT2D eigenvalue weighted by atomic mass is 9.82. The van der Waals surface area contributed by atoms with Crippen LogP contribution in [0.2, 0.25) is 0 Å². The van der Waals surface area contributed by atoms with Crippen molar-refractivity contribution in [1.82, 2.24) is 4.90 Å². The van der Waals surface area contributed by atoms with Crippen LogP contribution in [0.4, 0.5) is 0 Å². The molecule has 1 aromatic rings. The first-order chi connectivity index (χ1) is 11.2. The highest BCUT2D eigenvalue weighted by molar-refractivity contribution is 7.10. The van der Waals surface area contributed by atoms with E-state index in [0.717, 1.165) is 50.7 Å². The van der Waals surface area contributed by atoms with Gasteiger partial charge in [-0.3, -0.25) is 4.79 Å². The largest absolute Gasteiger partial charge is 0.390 e. The van der Waals surface area contributed by atoms with Crippen molar-refractivity contribution in [3.8, 4) is 0 Å². The third kappa shape index (κ3) is 2.73. The standard InChI is InChI=1S/C18H25NO3S/c20-16-6-3-11-22-18(16)7-9-19(10-8-18)17(21)14-12-23-15-5-2-1-4-13(14)15/h12,16,20H,1-11H2/t16-/m1/s1. The van der Waals surface area contributed by atoms with Crippen molar-refractivity contribution >= 4 is 17.2 Å². The van der Waals surface area contributed by atoms with E-state index in [9.17, 15) is 9.90 Å². The molecule has 1 amide bonds. The average molecular weight is 335 g/mol. The lowest BCUT2D eigenvalue weighted by molar-refractivity contribution is -0.174. The Morgan fingerprint density at radius 2 is 2.04 bits per heavy atom. The molecule has 1 aliphatic carbocycles. The third-order valence-corrected chi connectivity index (χ3v) is 6.90. The Labute approximate surface area is 141 Å². The average Bonchev–Trinajstić information content (AvgIpc) is 3.02. The van der Waals surface area contributed by atoms with Crippen molar-refractivity contribution in [2.45, 2.75) is 63.1 Å². The van der Waals surface area contributed by atoms with Crippen molar-refractivity contribution in [2.24, 2.45) is 0 Å². The lowest BCUT2D eigenvalue weighted by Gasteiger charge is -2.46. The molecule has 4 nitrogen and oxygen atoms in total. The molecule has 23 heavy (non-hydrogen) atoms. The molecule has 2 aliphatic heterocycles. The molecule has 4 rings (SSSR count). The number of thiophene rings is 1. The first kappa shape index (κ1) is 15.6. The number of carbonyl (C=O) groups excluding carboxylic acids is 1. The third-order valence-electron chi connectivity index (χ3n) is 5.81. The quantitative estimate of drug-likeness (QED) is 0.858. The number of rotatable bonds is 1. The van der Waals surface area contributed by atoms with Gasteiger partial charge in [-0.05, 0) is 56.9 Å². The number of nitrogens with zero attached hydrogens (tertiary/aromatic N) is 1. The first-order valence-corrected chi connectivity index (χ1v) is 9.78. The molecule has 0 unspecified atom stereocenters. The van der Waals surface area contributed by atoms with Crippen LogP contribution >= 0.6 is 11.3 Å². The molecule has 0 bridgehead atoms. The zero-order valence-corrected chi connectivity index (χ0v) is 14.4. The summed E-state index contributed by atoms with van der Waals surface area (Å²) in [5.74, 6) is 0.185. The van der Waals surface area contributed by atoms with Crippen LogP contribution < -0.4 is 0 Å². The van der Waals surface area contributed by atoms with Crippen molar-refractivity contribution in [1.29, 1.82) is 0 Å². The number of hydrogen-bond donors (Lipinski definition) is 1. The molecule has 0 saturated carbocycles. The highest BCUT2D eigenvalue weighted by Crippen LogP contribution is 2.36. The van der Waals surface area contributed by atoms with Gasteiger partial charge in [0.05, 0.1) is 17.3 Å². The zero-order valence-electron chi connectivity index (χ0n) is 13.6. The van der Waals surface area contributed by atoms with E-state index < -0.39 is 5.60 Å². The molecule has 1 spiro atoms. The summed E-state index contributed by atoms with van der Waals surface area (Å²) >= 11 is 1.75. The molecule has 3 heterocycles. The number of aliphatic hydroxyl groups excluding tert-OH is 1. The number of hydrogen-bond acceptors (Lipinski definition) is 4. The van der Waals surface area contributed by atoms with Crippen molar-refractivity contribution in [2.75, 3.05) is 19.7 Å². The number of aliphatic hydroxyl groups is 1. The van der Waals surface area contributed by atoms with Gasteiger partial charge in [-0.2, -0.15) is 0 Å². The number of aryl methyl sites for hydroxylation is 1. The van der Waals surface area contributed by atoms with Gasteiger partial charge in [0, 0.05) is 30.0 Å². The summed E-state index contributed by atoms with van der Waals surface area (Å²) in [7, 11) is 0. The molecular formula is C18H25NO3S. The Morgan fingerprint density at radius 1 is 1.26 bits per heavy atom. The number of piperidine rings is 1. The molecule has 0 aromatic carbocycles. The normalized spacial score (nSPS) is 27.0. The van der Waals surface area contributed by atoms with Crippen LogP contribution in [-0.2, 0) is 17.6 Å². The topological polar surface area (TPSA) is 49.8 Å². The van der Waals surface area contributed by atoms with Gasteiger partial charge in [-0.25, -0.2) is 0 Å². The van der Waals surface area contributed by atoms with E-state index in [1.807, 2.05) is 4.90 Å². The van der Waals surface area contributed by atoms with Gasteiger partial charge in [-0.15, -0.1) is 11.3 Å². The van der Waals surface area contributed by atoms with Crippen LogP contribution in [0, 0.1) is 0 Å². The van der Waals surface area contributed by atoms with E-state index in [1.165, 1.54) is 23.3 Å².